The van der Waals surface area contributed by atoms with E-state index in [-0.39, 0.29) is 0 Å². The van der Waals surface area contributed by atoms with Gasteiger partial charge in [0, 0.05) is 31.7 Å². The first-order chi connectivity index (χ1) is 9.28. The molecule has 1 aromatic rings. The van der Waals surface area contributed by atoms with Gasteiger partial charge in [-0.15, -0.1) is 0 Å². The Kier molecular flexibility index (Phi) is 3.54. The van der Waals surface area contributed by atoms with E-state index in [1.807, 2.05) is 18.2 Å². The van der Waals surface area contributed by atoms with Crippen molar-refractivity contribution < 1.29 is 0 Å². The second-order valence-corrected chi connectivity index (χ2v) is 5.84. The second-order valence-electron chi connectivity index (χ2n) is 5.84. The van der Waals surface area contributed by atoms with Gasteiger partial charge in [0.15, 0.2) is 0 Å². The average Bonchev–Trinajstić information content (AvgIpc) is 2.87. The van der Waals surface area contributed by atoms with E-state index >= 15 is 0 Å². The van der Waals surface area contributed by atoms with Crippen molar-refractivity contribution in [2.45, 2.75) is 38.4 Å². The number of hydrogen-bond donors (Lipinski definition) is 0. The molecule has 0 amide bonds. The predicted octanol–water partition coefficient (Wildman–Crippen LogP) is 2.23. The van der Waals surface area contributed by atoms with Crippen molar-refractivity contribution in [2.24, 2.45) is 0 Å². The van der Waals surface area contributed by atoms with Gasteiger partial charge in [0.2, 0.25) is 0 Å². The maximum Gasteiger partial charge on any atom is 0.0995 e. The molecule has 0 aliphatic carbocycles. The molecule has 3 nitrogen and oxygen atoms in total. The molecule has 2 unspecified atom stereocenters. The number of nitriles is 1. The molecule has 0 radical (unpaired) electrons. The van der Waals surface area contributed by atoms with Crippen molar-refractivity contribution in [1.29, 1.82) is 5.26 Å². The summed E-state index contributed by atoms with van der Waals surface area (Å²) in [5.74, 6) is 0. The van der Waals surface area contributed by atoms with Gasteiger partial charge in [-0.3, -0.25) is 9.80 Å². The molecule has 2 atom stereocenters. The first kappa shape index (κ1) is 12.7. The zero-order valence-corrected chi connectivity index (χ0v) is 11.5. The van der Waals surface area contributed by atoms with Crippen LogP contribution in [0, 0.1) is 11.3 Å². The maximum atomic E-state index is 9.19. The third kappa shape index (κ3) is 2.51. The van der Waals surface area contributed by atoms with Crippen LogP contribution in [-0.2, 0) is 6.54 Å². The Hall–Kier alpha value is -1.37. The van der Waals surface area contributed by atoms with Crippen LogP contribution in [0.2, 0.25) is 0 Å². The number of benzene rings is 1. The quantitative estimate of drug-likeness (QED) is 0.812. The Morgan fingerprint density at radius 2 is 2.16 bits per heavy atom. The standard InChI is InChI=1S/C16H21N3/c1-13-10-18-8-4-7-16(18)12-19(13)11-15-6-3-2-5-14(15)9-17/h2-3,5-6,13,16H,4,7-8,10-12H2,1H3. The van der Waals surface area contributed by atoms with Crippen molar-refractivity contribution in [3.63, 3.8) is 0 Å². The van der Waals surface area contributed by atoms with E-state index in [1.54, 1.807) is 0 Å². The van der Waals surface area contributed by atoms with Gasteiger partial charge in [-0.1, -0.05) is 18.2 Å². The highest BCUT2D eigenvalue weighted by Crippen LogP contribution is 2.26. The third-order valence-corrected chi connectivity index (χ3v) is 4.58. The predicted molar refractivity (Wildman–Crippen MR) is 75.6 cm³/mol. The molecule has 0 aromatic heterocycles. The Balaban J connectivity index is 1.74. The van der Waals surface area contributed by atoms with Crippen LogP contribution < -0.4 is 0 Å². The zero-order chi connectivity index (χ0) is 13.2. The van der Waals surface area contributed by atoms with Crippen LogP contribution in [-0.4, -0.2) is 41.5 Å². The van der Waals surface area contributed by atoms with E-state index in [2.05, 4.69) is 28.9 Å². The molecule has 19 heavy (non-hydrogen) atoms. The van der Waals surface area contributed by atoms with Gasteiger partial charge in [-0.25, -0.2) is 0 Å². The summed E-state index contributed by atoms with van der Waals surface area (Å²) >= 11 is 0. The zero-order valence-electron chi connectivity index (χ0n) is 11.5. The maximum absolute atomic E-state index is 9.19. The van der Waals surface area contributed by atoms with Gasteiger partial charge in [-0.05, 0) is 37.9 Å². The normalized spacial score (nSPS) is 28.0. The molecule has 0 spiro atoms. The van der Waals surface area contributed by atoms with Gasteiger partial charge in [-0.2, -0.15) is 5.26 Å². The van der Waals surface area contributed by atoms with Crippen molar-refractivity contribution in [3.05, 3.63) is 35.4 Å². The first-order valence-electron chi connectivity index (χ1n) is 7.24. The second kappa shape index (κ2) is 5.32. The van der Waals surface area contributed by atoms with Gasteiger partial charge in [0.25, 0.3) is 0 Å². The summed E-state index contributed by atoms with van der Waals surface area (Å²) in [6.45, 7) is 6.83. The first-order valence-corrected chi connectivity index (χ1v) is 7.24. The molecule has 1 aromatic carbocycles. The molecule has 0 saturated carbocycles. The molecule has 100 valence electrons. The van der Waals surface area contributed by atoms with Crippen LogP contribution in [0.15, 0.2) is 24.3 Å². The Labute approximate surface area is 115 Å². The molecule has 0 N–H and O–H groups in total. The van der Waals surface area contributed by atoms with Gasteiger partial charge in [0.05, 0.1) is 11.6 Å². The molecular weight excluding hydrogens is 234 g/mol. The highest BCUT2D eigenvalue weighted by molar-refractivity contribution is 5.37. The van der Waals surface area contributed by atoms with Gasteiger partial charge >= 0.3 is 0 Å². The number of nitrogens with zero attached hydrogens (tertiary/aromatic N) is 3. The summed E-state index contributed by atoms with van der Waals surface area (Å²) in [4.78, 5) is 5.18. The van der Waals surface area contributed by atoms with Crippen molar-refractivity contribution >= 4 is 0 Å². The van der Waals surface area contributed by atoms with Crippen LogP contribution in [0.3, 0.4) is 0 Å². The van der Waals surface area contributed by atoms with E-state index in [0.29, 0.717) is 6.04 Å². The third-order valence-electron chi connectivity index (χ3n) is 4.58. The Morgan fingerprint density at radius 1 is 1.32 bits per heavy atom. The smallest absolute Gasteiger partial charge is 0.0995 e. The molecule has 2 saturated heterocycles. The van der Waals surface area contributed by atoms with Crippen LogP contribution in [0.4, 0.5) is 0 Å². The lowest BCUT2D eigenvalue weighted by Gasteiger charge is -2.42. The van der Waals surface area contributed by atoms with E-state index in [9.17, 15) is 5.26 Å². The van der Waals surface area contributed by atoms with E-state index in [0.717, 1.165) is 24.7 Å². The molecule has 2 aliphatic rings. The van der Waals surface area contributed by atoms with Crippen LogP contribution >= 0.6 is 0 Å². The van der Waals surface area contributed by atoms with Crippen molar-refractivity contribution in [1.82, 2.24) is 9.80 Å². The fourth-order valence-corrected chi connectivity index (χ4v) is 3.45. The highest BCUT2D eigenvalue weighted by Gasteiger charge is 2.34. The number of hydrogen-bond acceptors (Lipinski definition) is 3. The van der Waals surface area contributed by atoms with Crippen molar-refractivity contribution in [2.75, 3.05) is 19.6 Å². The average molecular weight is 255 g/mol. The highest BCUT2D eigenvalue weighted by atomic mass is 15.3. The largest absolute Gasteiger partial charge is 0.298 e. The number of rotatable bonds is 2. The van der Waals surface area contributed by atoms with E-state index in [4.69, 9.17) is 0 Å². The summed E-state index contributed by atoms with van der Waals surface area (Å²) in [6.07, 6.45) is 2.68. The Bertz CT molecular complexity index is 491. The molecular formula is C16H21N3. The summed E-state index contributed by atoms with van der Waals surface area (Å²) in [7, 11) is 0. The number of piperazine rings is 1. The SMILES string of the molecule is CC1CN2CCCC2CN1Cc1ccccc1C#N. The molecule has 3 heteroatoms. The van der Waals surface area contributed by atoms with Crippen molar-refractivity contribution in [3.8, 4) is 6.07 Å². The minimum Gasteiger partial charge on any atom is -0.298 e. The summed E-state index contributed by atoms with van der Waals surface area (Å²) in [5, 5.41) is 9.19. The lowest BCUT2D eigenvalue weighted by molar-refractivity contribution is 0.0540. The molecule has 2 heterocycles. The lowest BCUT2D eigenvalue weighted by atomic mass is 10.0. The Morgan fingerprint density at radius 3 is 3.00 bits per heavy atom. The van der Waals surface area contributed by atoms with Gasteiger partial charge < -0.3 is 0 Å². The minimum absolute atomic E-state index is 0.584. The molecule has 2 aliphatic heterocycles. The van der Waals surface area contributed by atoms with Crippen LogP contribution in [0.25, 0.3) is 0 Å². The van der Waals surface area contributed by atoms with E-state index < -0.39 is 0 Å². The fourth-order valence-electron chi connectivity index (χ4n) is 3.45. The molecule has 3 rings (SSSR count). The number of fused-ring (bicyclic) bond motifs is 1. The summed E-state index contributed by atoms with van der Waals surface area (Å²) in [6, 6.07) is 11.6. The molecule has 0 bridgehead atoms. The minimum atomic E-state index is 0.584. The lowest BCUT2D eigenvalue weighted by Crippen LogP contribution is -2.54. The fraction of sp³-hybridized carbons (Fsp3) is 0.562. The van der Waals surface area contributed by atoms with Crippen LogP contribution in [0.1, 0.15) is 30.9 Å². The summed E-state index contributed by atoms with van der Waals surface area (Å²) in [5.41, 5.74) is 1.99. The van der Waals surface area contributed by atoms with E-state index in [1.165, 1.54) is 31.5 Å². The topological polar surface area (TPSA) is 30.3 Å². The molecule has 2 fully saturated rings. The summed E-state index contributed by atoms with van der Waals surface area (Å²) < 4.78 is 0. The van der Waals surface area contributed by atoms with Crippen LogP contribution in [0.5, 0.6) is 0 Å². The monoisotopic (exact) mass is 255 g/mol. The van der Waals surface area contributed by atoms with Gasteiger partial charge in [0.1, 0.15) is 0 Å².